The molecule has 118 valence electrons. The number of carbonyl (C=O) groups excluding carboxylic acids is 1. The molecule has 0 saturated heterocycles. The summed E-state index contributed by atoms with van der Waals surface area (Å²) in [5.74, 6) is 0. The number of fused-ring (bicyclic) bond motifs is 1. The number of hydrogen-bond donors (Lipinski definition) is 2. The number of para-hydroxylation sites is 1. The average Bonchev–Trinajstić information content (AvgIpc) is 2.43. The molecule has 0 aliphatic carbocycles. The summed E-state index contributed by atoms with van der Waals surface area (Å²) in [6.45, 7) is -1.39. The minimum Gasteiger partial charge on any atom is -0.429 e. The molecule has 2 aromatic rings. The summed E-state index contributed by atoms with van der Waals surface area (Å²) in [7, 11) is -4.73. The number of rotatable bonds is 5. The topological polar surface area (TPSA) is 132 Å². The third-order valence-electron chi connectivity index (χ3n) is 2.46. The van der Waals surface area contributed by atoms with E-state index in [4.69, 9.17) is 14.2 Å². The van der Waals surface area contributed by atoms with Gasteiger partial charge in [0.15, 0.2) is 0 Å². The third kappa shape index (κ3) is 4.68. The smallest absolute Gasteiger partial charge is 0.429 e. The van der Waals surface area contributed by atoms with E-state index in [1.165, 1.54) is 6.07 Å². The molecular formula is C12H11O9P. The fraction of sp³-hybridized carbons (Fsp3) is 0.167. The summed E-state index contributed by atoms with van der Waals surface area (Å²) < 4.78 is 28.2. The van der Waals surface area contributed by atoms with Crippen molar-refractivity contribution in [2.24, 2.45) is 0 Å². The minimum atomic E-state index is -4.73. The van der Waals surface area contributed by atoms with E-state index in [-0.39, 0.29) is 5.56 Å². The zero-order valence-corrected chi connectivity index (χ0v) is 11.9. The Kier molecular flexibility index (Phi) is 4.94. The Morgan fingerprint density at radius 3 is 2.68 bits per heavy atom. The number of phosphoric ester groups is 1. The van der Waals surface area contributed by atoms with Gasteiger partial charge in [-0.1, -0.05) is 18.2 Å². The Balaban J connectivity index is 1.94. The predicted octanol–water partition coefficient (Wildman–Crippen LogP) is 1.51. The zero-order chi connectivity index (χ0) is 16.2. The van der Waals surface area contributed by atoms with E-state index in [0.717, 1.165) is 0 Å². The van der Waals surface area contributed by atoms with Gasteiger partial charge < -0.3 is 23.7 Å². The van der Waals surface area contributed by atoms with Crippen LogP contribution in [0.15, 0.2) is 39.5 Å². The fourth-order valence-electron chi connectivity index (χ4n) is 1.53. The van der Waals surface area contributed by atoms with E-state index >= 15 is 0 Å². The molecule has 0 unspecified atom stereocenters. The van der Waals surface area contributed by atoms with E-state index < -0.39 is 33.0 Å². The maximum atomic E-state index is 11.7. The quantitative estimate of drug-likeness (QED) is 0.362. The lowest BCUT2D eigenvalue weighted by Crippen LogP contribution is -2.14. The molecule has 9 nitrogen and oxygen atoms in total. The highest BCUT2D eigenvalue weighted by atomic mass is 31.2. The minimum absolute atomic E-state index is 0.0894. The summed E-state index contributed by atoms with van der Waals surface area (Å²) in [4.78, 5) is 39.6. The molecular weight excluding hydrogens is 319 g/mol. The highest BCUT2D eigenvalue weighted by molar-refractivity contribution is 7.46. The van der Waals surface area contributed by atoms with Crippen LogP contribution in [0.5, 0.6) is 0 Å². The van der Waals surface area contributed by atoms with Crippen molar-refractivity contribution < 1.29 is 37.6 Å². The van der Waals surface area contributed by atoms with Crippen LogP contribution >= 0.6 is 7.82 Å². The molecule has 0 saturated carbocycles. The average molecular weight is 330 g/mol. The van der Waals surface area contributed by atoms with Crippen LogP contribution in [-0.2, 0) is 25.2 Å². The van der Waals surface area contributed by atoms with Crippen molar-refractivity contribution in [1.29, 1.82) is 0 Å². The monoisotopic (exact) mass is 330 g/mol. The van der Waals surface area contributed by atoms with E-state index in [0.29, 0.717) is 11.0 Å². The van der Waals surface area contributed by atoms with Crippen molar-refractivity contribution in [3.05, 3.63) is 46.3 Å². The molecule has 0 aliphatic rings. The maximum absolute atomic E-state index is 11.7. The summed E-state index contributed by atoms with van der Waals surface area (Å²) in [5, 5.41) is 0.652. The second-order valence-electron chi connectivity index (χ2n) is 4.02. The maximum Gasteiger partial charge on any atom is 0.510 e. The molecule has 2 rings (SSSR count). The molecule has 1 aromatic carbocycles. The van der Waals surface area contributed by atoms with E-state index in [9.17, 15) is 14.2 Å². The van der Waals surface area contributed by atoms with Gasteiger partial charge in [0.1, 0.15) is 12.2 Å². The Hall–Kier alpha value is -2.19. The van der Waals surface area contributed by atoms with Gasteiger partial charge in [-0.3, -0.25) is 0 Å². The van der Waals surface area contributed by atoms with Gasteiger partial charge in [-0.2, -0.15) is 0 Å². The van der Waals surface area contributed by atoms with Gasteiger partial charge in [0.2, 0.25) is 6.79 Å². The lowest BCUT2D eigenvalue weighted by atomic mass is 10.2. The fourth-order valence-corrected chi connectivity index (χ4v) is 1.72. The number of ether oxygens (including phenoxy) is 2. The molecule has 0 fully saturated rings. The van der Waals surface area contributed by atoms with Crippen molar-refractivity contribution in [3.63, 3.8) is 0 Å². The zero-order valence-electron chi connectivity index (χ0n) is 11.0. The summed E-state index contributed by atoms with van der Waals surface area (Å²) in [5.41, 5.74) is -0.182. The second-order valence-corrected chi connectivity index (χ2v) is 5.26. The van der Waals surface area contributed by atoms with E-state index in [1.807, 2.05) is 0 Å². The lowest BCUT2D eigenvalue weighted by molar-refractivity contribution is -0.00863. The van der Waals surface area contributed by atoms with Gasteiger partial charge in [-0.05, 0) is 12.1 Å². The third-order valence-corrected chi connectivity index (χ3v) is 2.90. The Bertz CT molecular complexity index is 776. The van der Waals surface area contributed by atoms with Crippen LogP contribution in [0.4, 0.5) is 4.79 Å². The SMILES string of the molecule is O=C(OCOP(=O)(O)O)OCc1cc2ccccc2oc1=O. The van der Waals surface area contributed by atoms with Gasteiger partial charge in [-0.15, -0.1) is 0 Å². The molecule has 10 heteroatoms. The first kappa shape index (κ1) is 16.2. The van der Waals surface area contributed by atoms with Crippen molar-refractivity contribution in [2.75, 3.05) is 6.79 Å². The molecule has 0 atom stereocenters. The molecule has 1 aromatic heterocycles. The van der Waals surface area contributed by atoms with Gasteiger partial charge in [0, 0.05) is 5.39 Å². The van der Waals surface area contributed by atoms with E-state index in [1.54, 1.807) is 24.3 Å². The van der Waals surface area contributed by atoms with Crippen LogP contribution in [0.1, 0.15) is 5.56 Å². The first-order chi connectivity index (χ1) is 10.3. The summed E-state index contributed by atoms with van der Waals surface area (Å²) in [6.07, 6.45) is -1.25. The summed E-state index contributed by atoms with van der Waals surface area (Å²) >= 11 is 0. The number of phosphoric acid groups is 1. The molecule has 0 spiro atoms. The lowest BCUT2D eigenvalue weighted by Gasteiger charge is -2.07. The van der Waals surface area contributed by atoms with Crippen LogP contribution in [0.2, 0.25) is 0 Å². The van der Waals surface area contributed by atoms with Crippen LogP contribution in [-0.4, -0.2) is 22.7 Å². The largest absolute Gasteiger partial charge is 0.510 e. The summed E-state index contributed by atoms with van der Waals surface area (Å²) in [6, 6.07) is 8.30. The van der Waals surface area contributed by atoms with Crippen LogP contribution < -0.4 is 5.63 Å². The molecule has 1 heterocycles. The Labute approximate surface area is 123 Å². The van der Waals surface area contributed by atoms with Crippen LogP contribution in [0, 0.1) is 0 Å². The van der Waals surface area contributed by atoms with Gasteiger partial charge >= 0.3 is 19.6 Å². The molecule has 2 N–H and O–H groups in total. The predicted molar refractivity (Wildman–Crippen MR) is 71.8 cm³/mol. The van der Waals surface area contributed by atoms with Crippen molar-refractivity contribution in [3.8, 4) is 0 Å². The van der Waals surface area contributed by atoms with Gasteiger partial charge in [0.25, 0.3) is 0 Å². The first-order valence-electron chi connectivity index (χ1n) is 5.86. The number of carbonyl (C=O) groups is 1. The van der Waals surface area contributed by atoms with Crippen LogP contribution in [0.25, 0.3) is 11.0 Å². The van der Waals surface area contributed by atoms with Crippen LogP contribution in [0.3, 0.4) is 0 Å². The molecule has 0 bridgehead atoms. The first-order valence-corrected chi connectivity index (χ1v) is 7.39. The normalized spacial score (nSPS) is 11.4. The van der Waals surface area contributed by atoms with E-state index in [2.05, 4.69) is 14.0 Å². The standard InChI is InChI=1S/C12H11O9P/c13-11-9(5-8-3-1-2-4-10(8)21-11)6-18-12(14)19-7-20-22(15,16)17/h1-5H,6-7H2,(H2,15,16,17). The van der Waals surface area contributed by atoms with Crippen molar-refractivity contribution in [2.45, 2.75) is 6.61 Å². The molecule has 22 heavy (non-hydrogen) atoms. The second kappa shape index (κ2) is 6.71. The molecule has 0 aliphatic heterocycles. The van der Waals surface area contributed by atoms with Crippen molar-refractivity contribution >= 4 is 24.9 Å². The molecule has 0 radical (unpaired) electrons. The van der Waals surface area contributed by atoms with Gasteiger partial charge in [-0.25, -0.2) is 18.7 Å². The number of hydrogen-bond acceptors (Lipinski definition) is 7. The Morgan fingerprint density at radius 2 is 1.95 bits per heavy atom. The molecule has 0 amide bonds. The number of benzene rings is 1. The van der Waals surface area contributed by atoms with Crippen molar-refractivity contribution in [1.82, 2.24) is 0 Å². The highest BCUT2D eigenvalue weighted by Crippen LogP contribution is 2.35. The highest BCUT2D eigenvalue weighted by Gasteiger charge is 2.16. The Morgan fingerprint density at radius 1 is 1.23 bits per heavy atom. The van der Waals surface area contributed by atoms with Gasteiger partial charge in [0.05, 0.1) is 5.56 Å².